The van der Waals surface area contributed by atoms with E-state index in [2.05, 4.69) is 19.1 Å². The van der Waals surface area contributed by atoms with Crippen LogP contribution in [0.3, 0.4) is 0 Å². The molecule has 0 saturated carbocycles. The van der Waals surface area contributed by atoms with Gasteiger partial charge in [-0.3, -0.25) is 4.79 Å². The molecule has 0 heterocycles. The maximum absolute atomic E-state index is 12.1. The van der Waals surface area contributed by atoms with Gasteiger partial charge in [0.15, 0.2) is 5.78 Å². The molecule has 0 N–H and O–H groups in total. The van der Waals surface area contributed by atoms with Gasteiger partial charge in [-0.15, -0.1) is 0 Å². The van der Waals surface area contributed by atoms with Crippen molar-refractivity contribution in [2.45, 2.75) is 52.1 Å². The number of hydrogen-bond acceptors (Lipinski definition) is 2. The number of methoxy groups -OCH3 is 1. The average molecular weight is 248 g/mol. The van der Waals surface area contributed by atoms with Crippen LogP contribution in [-0.4, -0.2) is 18.5 Å². The normalized spacial score (nSPS) is 11.6. The second kappa shape index (κ2) is 6.69. The fourth-order valence-corrected chi connectivity index (χ4v) is 1.84. The summed E-state index contributed by atoms with van der Waals surface area (Å²) in [5, 5.41) is 0. The molecule has 0 spiro atoms. The molecule has 0 aliphatic heterocycles. The van der Waals surface area contributed by atoms with E-state index in [1.165, 1.54) is 24.8 Å². The molecule has 2 heteroatoms. The van der Waals surface area contributed by atoms with Gasteiger partial charge in [0.2, 0.25) is 0 Å². The van der Waals surface area contributed by atoms with Gasteiger partial charge >= 0.3 is 0 Å². The predicted octanol–water partition coefficient (Wildman–Crippen LogP) is 4.03. The standard InChI is InChI=1S/C16H24O2/c1-5-6-7-8-13-9-11-14(12-10-13)15(17)16(2,3)18-4/h9-12H,5-8H2,1-4H3. The zero-order valence-corrected chi connectivity index (χ0v) is 12.0. The van der Waals surface area contributed by atoms with Crippen molar-refractivity contribution in [3.8, 4) is 0 Å². The van der Waals surface area contributed by atoms with Crippen LogP contribution < -0.4 is 0 Å². The minimum absolute atomic E-state index is 0.0325. The van der Waals surface area contributed by atoms with Crippen LogP contribution in [0, 0.1) is 0 Å². The first-order chi connectivity index (χ1) is 8.51. The van der Waals surface area contributed by atoms with Crippen molar-refractivity contribution in [3.63, 3.8) is 0 Å². The highest BCUT2D eigenvalue weighted by atomic mass is 16.5. The van der Waals surface area contributed by atoms with Crippen LogP contribution in [0.15, 0.2) is 24.3 Å². The monoisotopic (exact) mass is 248 g/mol. The van der Waals surface area contributed by atoms with Crippen LogP contribution in [0.1, 0.15) is 56.0 Å². The van der Waals surface area contributed by atoms with E-state index in [-0.39, 0.29) is 5.78 Å². The summed E-state index contributed by atoms with van der Waals surface area (Å²) < 4.78 is 5.21. The molecule has 0 aliphatic rings. The van der Waals surface area contributed by atoms with E-state index in [1.807, 2.05) is 12.1 Å². The molecule has 100 valence electrons. The third-order valence-corrected chi connectivity index (χ3v) is 3.34. The molecule has 0 radical (unpaired) electrons. The van der Waals surface area contributed by atoms with E-state index in [9.17, 15) is 4.79 Å². The molecule has 0 atom stereocenters. The van der Waals surface area contributed by atoms with E-state index >= 15 is 0 Å². The molecule has 18 heavy (non-hydrogen) atoms. The van der Waals surface area contributed by atoms with E-state index in [0.717, 1.165) is 12.0 Å². The molecule has 1 aromatic carbocycles. The zero-order valence-electron chi connectivity index (χ0n) is 12.0. The number of benzene rings is 1. The number of rotatable bonds is 7. The first-order valence-corrected chi connectivity index (χ1v) is 6.70. The minimum atomic E-state index is -0.746. The maximum atomic E-state index is 12.1. The number of ether oxygens (including phenoxy) is 1. The fraction of sp³-hybridized carbons (Fsp3) is 0.562. The Bertz CT molecular complexity index is 377. The van der Waals surface area contributed by atoms with Crippen molar-refractivity contribution in [1.82, 2.24) is 0 Å². The molecule has 0 unspecified atom stereocenters. The summed E-state index contributed by atoms with van der Waals surface area (Å²) in [6.07, 6.45) is 4.80. The molecule has 0 aromatic heterocycles. The van der Waals surface area contributed by atoms with Gasteiger partial charge in [-0.2, -0.15) is 0 Å². The summed E-state index contributed by atoms with van der Waals surface area (Å²) in [4.78, 5) is 12.1. The zero-order chi connectivity index (χ0) is 13.6. The Kier molecular flexibility index (Phi) is 5.54. The van der Waals surface area contributed by atoms with Crippen LogP contribution in [-0.2, 0) is 11.2 Å². The number of ketones is 1. The number of carbonyl (C=O) groups excluding carboxylic acids is 1. The first kappa shape index (κ1) is 14.9. The summed E-state index contributed by atoms with van der Waals surface area (Å²) in [7, 11) is 1.57. The summed E-state index contributed by atoms with van der Waals surface area (Å²) in [5.74, 6) is 0.0325. The Labute approximate surface area is 110 Å². The topological polar surface area (TPSA) is 26.3 Å². The van der Waals surface area contributed by atoms with Gasteiger partial charge in [-0.05, 0) is 32.3 Å². The Morgan fingerprint density at radius 2 is 1.78 bits per heavy atom. The molecule has 0 bridgehead atoms. The molecule has 0 aliphatic carbocycles. The van der Waals surface area contributed by atoms with Crippen LogP contribution in [0.25, 0.3) is 0 Å². The summed E-state index contributed by atoms with van der Waals surface area (Å²) >= 11 is 0. The molecule has 0 fully saturated rings. The Balaban J connectivity index is 2.68. The van der Waals surface area contributed by atoms with Crippen molar-refractivity contribution in [2.24, 2.45) is 0 Å². The summed E-state index contributed by atoms with van der Waals surface area (Å²) in [6, 6.07) is 7.91. The number of aryl methyl sites for hydroxylation is 1. The lowest BCUT2D eigenvalue weighted by atomic mass is 9.95. The highest BCUT2D eigenvalue weighted by Crippen LogP contribution is 2.17. The first-order valence-electron chi connectivity index (χ1n) is 6.70. The van der Waals surface area contributed by atoms with E-state index in [4.69, 9.17) is 4.74 Å². The number of carbonyl (C=O) groups is 1. The van der Waals surface area contributed by atoms with Crippen molar-refractivity contribution in [3.05, 3.63) is 35.4 Å². The van der Waals surface area contributed by atoms with Gasteiger partial charge in [-0.1, -0.05) is 44.0 Å². The number of Topliss-reactive ketones (excluding diaryl/α,β-unsaturated/α-hetero) is 1. The van der Waals surface area contributed by atoms with Crippen LogP contribution in [0.5, 0.6) is 0 Å². The minimum Gasteiger partial charge on any atom is -0.371 e. The Morgan fingerprint density at radius 1 is 1.17 bits per heavy atom. The molecule has 0 amide bonds. The summed E-state index contributed by atoms with van der Waals surface area (Å²) in [5.41, 5.74) is 1.28. The van der Waals surface area contributed by atoms with Crippen LogP contribution in [0.2, 0.25) is 0 Å². The van der Waals surface area contributed by atoms with E-state index in [1.54, 1.807) is 21.0 Å². The average Bonchev–Trinajstić information content (AvgIpc) is 2.39. The lowest BCUT2D eigenvalue weighted by Gasteiger charge is -2.21. The van der Waals surface area contributed by atoms with E-state index in [0.29, 0.717) is 0 Å². The molecular weight excluding hydrogens is 224 g/mol. The van der Waals surface area contributed by atoms with E-state index < -0.39 is 5.60 Å². The largest absolute Gasteiger partial charge is 0.371 e. The maximum Gasteiger partial charge on any atom is 0.194 e. The van der Waals surface area contributed by atoms with Crippen LogP contribution in [0.4, 0.5) is 0 Å². The van der Waals surface area contributed by atoms with Crippen molar-refractivity contribution in [2.75, 3.05) is 7.11 Å². The van der Waals surface area contributed by atoms with Gasteiger partial charge < -0.3 is 4.74 Å². The van der Waals surface area contributed by atoms with Crippen molar-refractivity contribution < 1.29 is 9.53 Å². The SMILES string of the molecule is CCCCCc1ccc(C(=O)C(C)(C)OC)cc1. The lowest BCUT2D eigenvalue weighted by molar-refractivity contribution is 0.0228. The quantitative estimate of drug-likeness (QED) is 0.538. The van der Waals surface area contributed by atoms with Crippen molar-refractivity contribution in [1.29, 1.82) is 0 Å². The Hall–Kier alpha value is -1.15. The smallest absolute Gasteiger partial charge is 0.194 e. The third-order valence-electron chi connectivity index (χ3n) is 3.34. The molecular formula is C16H24O2. The predicted molar refractivity (Wildman–Crippen MR) is 75.1 cm³/mol. The fourth-order valence-electron chi connectivity index (χ4n) is 1.84. The van der Waals surface area contributed by atoms with Crippen LogP contribution >= 0.6 is 0 Å². The lowest BCUT2D eigenvalue weighted by Crippen LogP contribution is -2.33. The number of hydrogen-bond donors (Lipinski definition) is 0. The second-order valence-electron chi connectivity index (χ2n) is 5.20. The van der Waals surface area contributed by atoms with Gasteiger partial charge in [0.25, 0.3) is 0 Å². The van der Waals surface area contributed by atoms with Crippen molar-refractivity contribution >= 4 is 5.78 Å². The van der Waals surface area contributed by atoms with Gasteiger partial charge in [0, 0.05) is 12.7 Å². The molecule has 0 saturated heterocycles. The highest BCUT2D eigenvalue weighted by Gasteiger charge is 2.27. The Morgan fingerprint density at radius 3 is 2.28 bits per heavy atom. The highest BCUT2D eigenvalue weighted by molar-refractivity contribution is 6.01. The molecule has 1 aromatic rings. The second-order valence-corrected chi connectivity index (χ2v) is 5.20. The van der Waals surface area contributed by atoms with Gasteiger partial charge in [0.05, 0.1) is 0 Å². The molecule has 1 rings (SSSR count). The van der Waals surface area contributed by atoms with Gasteiger partial charge in [-0.25, -0.2) is 0 Å². The third kappa shape index (κ3) is 3.95. The van der Waals surface area contributed by atoms with Gasteiger partial charge in [0.1, 0.15) is 5.60 Å². The molecule has 2 nitrogen and oxygen atoms in total. The summed E-state index contributed by atoms with van der Waals surface area (Å²) in [6.45, 7) is 5.80. The number of unbranched alkanes of at least 4 members (excludes halogenated alkanes) is 2.